The van der Waals surface area contributed by atoms with Crippen molar-refractivity contribution in [1.29, 1.82) is 0 Å². The lowest BCUT2D eigenvalue weighted by molar-refractivity contribution is 0.0525. The number of pyridine rings is 1. The summed E-state index contributed by atoms with van der Waals surface area (Å²) in [5, 5.41) is 0.750. The minimum atomic E-state index is -0.408. The highest BCUT2D eigenvalue weighted by molar-refractivity contribution is 6.08. The number of nitrogens with zero attached hydrogens (tertiary/aromatic N) is 2. The van der Waals surface area contributed by atoms with E-state index in [9.17, 15) is 4.79 Å². The first-order valence-electron chi connectivity index (χ1n) is 12.7. The SMILES string of the molecule is CCOC(=O)c1c(CCCN(CC)CC)nc2cc(OC)c(OC)cc2c1-c1ccc(OC)c(OC)c1. The van der Waals surface area contributed by atoms with Crippen LogP contribution in [0, 0.1) is 0 Å². The molecule has 0 spiro atoms. The standard InChI is InChI=1S/C29H38N2O6/c1-8-31(9-2)15-11-12-21-28(29(32)37-10-3)27(19-13-14-23(33-4)24(16-19)34-5)20-17-25(35-6)26(36-7)18-22(20)30-21/h13-14,16-18H,8-12,15H2,1-7H3. The van der Waals surface area contributed by atoms with Crippen LogP contribution in [0.5, 0.6) is 23.0 Å². The molecule has 200 valence electrons. The van der Waals surface area contributed by atoms with E-state index in [4.69, 9.17) is 28.7 Å². The summed E-state index contributed by atoms with van der Waals surface area (Å²) in [6.07, 6.45) is 1.47. The molecule has 3 aromatic rings. The lowest BCUT2D eigenvalue weighted by Gasteiger charge is -2.20. The number of esters is 1. The quantitative estimate of drug-likeness (QED) is 0.283. The van der Waals surface area contributed by atoms with Crippen LogP contribution >= 0.6 is 0 Å². The first kappa shape index (κ1) is 28.1. The van der Waals surface area contributed by atoms with Gasteiger partial charge in [-0.3, -0.25) is 4.98 Å². The lowest BCUT2D eigenvalue weighted by Crippen LogP contribution is -2.24. The number of methoxy groups -OCH3 is 4. The fourth-order valence-electron chi connectivity index (χ4n) is 4.55. The van der Waals surface area contributed by atoms with Crippen LogP contribution < -0.4 is 18.9 Å². The van der Waals surface area contributed by atoms with Crippen LogP contribution in [0.15, 0.2) is 30.3 Å². The predicted molar refractivity (Wildman–Crippen MR) is 145 cm³/mol. The summed E-state index contributed by atoms with van der Waals surface area (Å²) >= 11 is 0. The number of benzene rings is 2. The smallest absolute Gasteiger partial charge is 0.340 e. The maximum atomic E-state index is 13.5. The number of carbonyl (C=O) groups is 1. The zero-order valence-electron chi connectivity index (χ0n) is 23.0. The fraction of sp³-hybridized carbons (Fsp3) is 0.448. The van der Waals surface area contributed by atoms with E-state index in [-0.39, 0.29) is 6.61 Å². The van der Waals surface area contributed by atoms with Gasteiger partial charge in [0.1, 0.15) is 0 Å². The Hall–Kier alpha value is -3.52. The first-order valence-corrected chi connectivity index (χ1v) is 12.7. The molecule has 3 rings (SSSR count). The molecule has 0 aliphatic heterocycles. The van der Waals surface area contributed by atoms with Crippen LogP contribution in [-0.4, -0.2) is 70.5 Å². The summed E-state index contributed by atoms with van der Waals surface area (Å²) < 4.78 is 27.7. The van der Waals surface area contributed by atoms with Crippen LogP contribution in [0.2, 0.25) is 0 Å². The van der Waals surface area contributed by atoms with Crippen molar-refractivity contribution in [2.24, 2.45) is 0 Å². The highest BCUT2D eigenvalue weighted by atomic mass is 16.5. The molecule has 8 heteroatoms. The van der Waals surface area contributed by atoms with Gasteiger partial charge in [-0.2, -0.15) is 0 Å². The highest BCUT2D eigenvalue weighted by Gasteiger charge is 2.25. The van der Waals surface area contributed by atoms with Crippen molar-refractivity contribution in [3.63, 3.8) is 0 Å². The van der Waals surface area contributed by atoms with E-state index in [0.29, 0.717) is 51.8 Å². The van der Waals surface area contributed by atoms with E-state index in [1.54, 1.807) is 35.4 Å². The molecule has 0 saturated heterocycles. The summed E-state index contributed by atoms with van der Waals surface area (Å²) in [5.41, 5.74) is 3.34. The van der Waals surface area contributed by atoms with Crippen molar-refractivity contribution in [1.82, 2.24) is 9.88 Å². The Morgan fingerprint density at radius 2 is 1.46 bits per heavy atom. The molecule has 0 aliphatic rings. The van der Waals surface area contributed by atoms with Crippen molar-refractivity contribution in [3.8, 4) is 34.1 Å². The second kappa shape index (κ2) is 13.1. The van der Waals surface area contributed by atoms with Crippen molar-refractivity contribution >= 4 is 16.9 Å². The normalized spacial score (nSPS) is 11.0. The number of aromatic nitrogens is 1. The Bertz CT molecular complexity index is 1220. The highest BCUT2D eigenvalue weighted by Crippen LogP contribution is 2.42. The molecule has 0 aliphatic carbocycles. The average molecular weight is 511 g/mol. The predicted octanol–water partition coefficient (Wildman–Crippen LogP) is 5.39. The Labute approximate surface area is 219 Å². The van der Waals surface area contributed by atoms with Gasteiger partial charge in [0, 0.05) is 17.0 Å². The Kier molecular flexibility index (Phi) is 9.97. The van der Waals surface area contributed by atoms with Gasteiger partial charge in [0.2, 0.25) is 0 Å². The maximum absolute atomic E-state index is 13.5. The van der Waals surface area contributed by atoms with Crippen molar-refractivity contribution in [3.05, 3.63) is 41.6 Å². The largest absolute Gasteiger partial charge is 0.493 e. The Morgan fingerprint density at radius 3 is 2.05 bits per heavy atom. The molecule has 0 radical (unpaired) electrons. The zero-order chi connectivity index (χ0) is 26.9. The molecule has 1 aromatic heterocycles. The minimum Gasteiger partial charge on any atom is -0.493 e. The van der Waals surface area contributed by atoms with Gasteiger partial charge in [-0.1, -0.05) is 19.9 Å². The number of hydrogen-bond donors (Lipinski definition) is 0. The average Bonchev–Trinajstić information content (AvgIpc) is 2.93. The second-order valence-electron chi connectivity index (χ2n) is 8.45. The molecule has 0 bridgehead atoms. The molecule has 0 unspecified atom stereocenters. The summed E-state index contributed by atoms with van der Waals surface area (Å²) in [4.78, 5) is 20.8. The molecule has 37 heavy (non-hydrogen) atoms. The van der Waals surface area contributed by atoms with Gasteiger partial charge in [-0.05, 0) is 63.2 Å². The molecule has 0 saturated carbocycles. The van der Waals surface area contributed by atoms with Crippen molar-refractivity contribution in [2.45, 2.75) is 33.6 Å². The van der Waals surface area contributed by atoms with Gasteiger partial charge in [0.25, 0.3) is 0 Å². The van der Waals surface area contributed by atoms with Gasteiger partial charge in [-0.15, -0.1) is 0 Å². The molecule has 1 heterocycles. The van der Waals surface area contributed by atoms with Gasteiger partial charge < -0.3 is 28.6 Å². The van der Waals surface area contributed by atoms with Crippen LogP contribution in [0.3, 0.4) is 0 Å². The minimum absolute atomic E-state index is 0.257. The summed E-state index contributed by atoms with van der Waals surface area (Å²) in [5.74, 6) is 1.86. The van der Waals surface area contributed by atoms with Gasteiger partial charge in [0.05, 0.1) is 51.8 Å². The van der Waals surface area contributed by atoms with E-state index < -0.39 is 5.97 Å². The zero-order valence-corrected chi connectivity index (χ0v) is 23.0. The number of fused-ring (bicyclic) bond motifs is 1. The second-order valence-corrected chi connectivity index (χ2v) is 8.45. The van der Waals surface area contributed by atoms with E-state index in [1.165, 1.54) is 0 Å². The van der Waals surface area contributed by atoms with Gasteiger partial charge >= 0.3 is 5.97 Å². The molecular weight excluding hydrogens is 472 g/mol. The van der Waals surface area contributed by atoms with Crippen LogP contribution in [0.4, 0.5) is 0 Å². The molecular formula is C29H38N2O6. The number of rotatable bonds is 13. The fourth-order valence-corrected chi connectivity index (χ4v) is 4.55. The third kappa shape index (κ3) is 6.07. The van der Waals surface area contributed by atoms with Gasteiger partial charge in [-0.25, -0.2) is 4.79 Å². The maximum Gasteiger partial charge on any atom is 0.340 e. The monoisotopic (exact) mass is 510 g/mol. The Morgan fingerprint density at radius 1 is 0.838 bits per heavy atom. The first-order chi connectivity index (χ1) is 18.0. The van der Waals surface area contributed by atoms with E-state index >= 15 is 0 Å². The number of aryl methyl sites for hydroxylation is 1. The van der Waals surface area contributed by atoms with Gasteiger partial charge in [0.15, 0.2) is 23.0 Å². The third-order valence-corrected chi connectivity index (χ3v) is 6.50. The van der Waals surface area contributed by atoms with E-state index in [0.717, 1.165) is 37.0 Å². The van der Waals surface area contributed by atoms with Crippen molar-refractivity contribution in [2.75, 3.05) is 54.7 Å². The third-order valence-electron chi connectivity index (χ3n) is 6.50. The summed E-state index contributed by atoms with van der Waals surface area (Å²) in [7, 11) is 6.36. The van der Waals surface area contributed by atoms with Crippen molar-refractivity contribution < 1.29 is 28.5 Å². The topological polar surface area (TPSA) is 79.4 Å². The number of hydrogen-bond acceptors (Lipinski definition) is 8. The Balaban J connectivity index is 2.34. The van der Waals surface area contributed by atoms with E-state index in [1.807, 2.05) is 30.3 Å². The molecule has 2 aromatic carbocycles. The van der Waals surface area contributed by atoms with Crippen LogP contribution in [-0.2, 0) is 11.2 Å². The van der Waals surface area contributed by atoms with E-state index in [2.05, 4.69) is 18.7 Å². The molecule has 0 atom stereocenters. The molecule has 0 amide bonds. The molecule has 8 nitrogen and oxygen atoms in total. The molecule has 0 N–H and O–H groups in total. The van der Waals surface area contributed by atoms with Crippen LogP contribution in [0.25, 0.3) is 22.0 Å². The summed E-state index contributed by atoms with van der Waals surface area (Å²) in [6, 6.07) is 9.31. The number of carbonyl (C=O) groups excluding carboxylic acids is 1. The number of ether oxygens (including phenoxy) is 5. The summed E-state index contributed by atoms with van der Waals surface area (Å²) in [6.45, 7) is 9.21. The molecule has 0 fully saturated rings. The van der Waals surface area contributed by atoms with Crippen LogP contribution in [0.1, 0.15) is 43.2 Å². The lowest BCUT2D eigenvalue weighted by atomic mass is 9.92.